The standard InChI is InChI=1S/C28H39F/c1-2-3-4-5-7-23-10-12-24(13-11-23)14-15-25-16-18-26(19-17-25)20-21-27-8-6-9-28(29)22-27/h6,8-13,22,25-26H,2-5,7,14-21H2,1H3. The lowest BCUT2D eigenvalue weighted by Crippen LogP contribution is -2.15. The third kappa shape index (κ3) is 7.96. The number of hydrogen-bond acceptors (Lipinski definition) is 0. The fourth-order valence-corrected chi connectivity index (χ4v) is 4.87. The van der Waals surface area contributed by atoms with E-state index in [1.807, 2.05) is 6.07 Å². The average molecular weight is 395 g/mol. The highest BCUT2D eigenvalue weighted by Crippen LogP contribution is 2.34. The summed E-state index contributed by atoms with van der Waals surface area (Å²) in [5, 5.41) is 0. The molecule has 158 valence electrons. The second-order valence-corrected chi connectivity index (χ2v) is 9.22. The predicted molar refractivity (Wildman–Crippen MR) is 123 cm³/mol. The minimum Gasteiger partial charge on any atom is -0.207 e. The summed E-state index contributed by atoms with van der Waals surface area (Å²) in [6, 6.07) is 16.6. The van der Waals surface area contributed by atoms with Crippen molar-refractivity contribution >= 4 is 0 Å². The zero-order valence-corrected chi connectivity index (χ0v) is 18.3. The van der Waals surface area contributed by atoms with Crippen LogP contribution in [0, 0.1) is 17.7 Å². The van der Waals surface area contributed by atoms with Crippen molar-refractivity contribution in [2.24, 2.45) is 11.8 Å². The van der Waals surface area contributed by atoms with Crippen LogP contribution in [0.3, 0.4) is 0 Å². The van der Waals surface area contributed by atoms with Gasteiger partial charge in [0.05, 0.1) is 0 Å². The topological polar surface area (TPSA) is 0 Å². The Morgan fingerprint density at radius 1 is 0.690 bits per heavy atom. The van der Waals surface area contributed by atoms with Gasteiger partial charge < -0.3 is 0 Å². The molecule has 2 aromatic carbocycles. The molecule has 0 unspecified atom stereocenters. The maximum Gasteiger partial charge on any atom is 0.123 e. The second kappa shape index (κ2) is 12.2. The van der Waals surface area contributed by atoms with Gasteiger partial charge in [0, 0.05) is 0 Å². The van der Waals surface area contributed by atoms with Crippen LogP contribution in [0.15, 0.2) is 48.5 Å². The van der Waals surface area contributed by atoms with Crippen LogP contribution in [0.1, 0.15) is 87.8 Å². The first-order chi connectivity index (χ1) is 14.2. The van der Waals surface area contributed by atoms with Crippen LogP contribution < -0.4 is 0 Å². The summed E-state index contributed by atoms with van der Waals surface area (Å²) in [6.45, 7) is 2.27. The molecule has 1 heteroatoms. The van der Waals surface area contributed by atoms with E-state index in [-0.39, 0.29) is 5.82 Å². The van der Waals surface area contributed by atoms with Gasteiger partial charge in [-0.2, -0.15) is 0 Å². The van der Waals surface area contributed by atoms with Crippen molar-refractivity contribution in [2.75, 3.05) is 0 Å². The lowest BCUT2D eigenvalue weighted by atomic mass is 9.77. The maximum absolute atomic E-state index is 13.3. The van der Waals surface area contributed by atoms with Gasteiger partial charge in [-0.05, 0) is 79.2 Å². The van der Waals surface area contributed by atoms with E-state index >= 15 is 0 Å². The van der Waals surface area contributed by atoms with Gasteiger partial charge in [0.1, 0.15) is 5.82 Å². The summed E-state index contributed by atoms with van der Waals surface area (Å²) in [7, 11) is 0. The SMILES string of the molecule is CCCCCCc1ccc(CCC2CCC(CCc3cccc(F)c3)CC2)cc1. The van der Waals surface area contributed by atoms with Gasteiger partial charge in [-0.15, -0.1) is 0 Å². The first-order valence-corrected chi connectivity index (χ1v) is 12.0. The monoisotopic (exact) mass is 394 g/mol. The smallest absolute Gasteiger partial charge is 0.123 e. The lowest BCUT2D eigenvalue weighted by Gasteiger charge is -2.28. The Hall–Kier alpha value is -1.63. The molecule has 0 atom stereocenters. The van der Waals surface area contributed by atoms with Crippen LogP contribution in [0.2, 0.25) is 0 Å². The van der Waals surface area contributed by atoms with Crippen LogP contribution >= 0.6 is 0 Å². The van der Waals surface area contributed by atoms with E-state index in [9.17, 15) is 4.39 Å². The molecule has 0 saturated heterocycles. The maximum atomic E-state index is 13.3. The van der Waals surface area contributed by atoms with Crippen LogP contribution in [-0.2, 0) is 19.3 Å². The molecule has 1 fully saturated rings. The van der Waals surface area contributed by atoms with Gasteiger partial charge in [-0.25, -0.2) is 4.39 Å². The number of rotatable bonds is 11. The minimum atomic E-state index is -0.101. The summed E-state index contributed by atoms with van der Waals surface area (Å²) in [6.07, 6.45) is 16.9. The quantitative estimate of drug-likeness (QED) is 0.336. The first-order valence-electron chi connectivity index (χ1n) is 12.0. The minimum absolute atomic E-state index is 0.101. The first kappa shape index (κ1) is 22.1. The van der Waals surface area contributed by atoms with E-state index in [2.05, 4.69) is 37.3 Å². The Bertz CT molecular complexity index is 695. The Labute approximate surface area is 177 Å². The molecule has 0 heterocycles. The second-order valence-electron chi connectivity index (χ2n) is 9.22. The molecule has 0 radical (unpaired) electrons. The summed E-state index contributed by atoms with van der Waals surface area (Å²) in [5.74, 6) is 1.63. The van der Waals surface area contributed by atoms with Crippen LogP contribution in [0.25, 0.3) is 0 Å². The van der Waals surface area contributed by atoms with Crippen LogP contribution in [0.4, 0.5) is 4.39 Å². The number of aryl methyl sites for hydroxylation is 3. The number of hydrogen-bond donors (Lipinski definition) is 0. The van der Waals surface area contributed by atoms with Crippen molar-refractivity contribution in [1.29, 1.82) is 0 Å². The van der Waals surface area contributed by atoms with Gasteiger partial charge in [0.15, 0.2) is 0 Å². The molecule has 1 saturated carbocycles. The Kier molecular flexibility index (Phi) is 9.25. The van der Waals surface area contributed by atoms with E-state index in [4.69, 9.17) is 0 Å². The van der Waals surface area contributed by atoms with Crippen LogP contribution in [0.5, 0.6) is 0 Å². The van der Waals surface area contributed by atoms with Crippen molar-refractivity contribution in [2.45, 2.75) is 90.4 Å². The molecule has 0 bridgehead atoms. The lowest BCUT2D eigenvalue weighted by molar-refractivity contribution is 0.253. The third-order valence-corrected chi connectivity index (χ3v) is 6.88. The predicted octanol–water partition coefficient (Wildman–Crippen LogP) is 8.32. The molecule has 0 spiro atoms. The van der Waals surface area contributed by atoms with Gasteiger partial charge in [-0.3, -0.25) is 0 Å². The van der Waals surface area contributed by atoms with Crippen molar-refractivity contribution in [3.05, 3.63) is 71.0 Å². The van der Waals surface area contributed by atoms with Gasteiger partial charge in [0.2, 0.25) is 0 Å². The molecule has 0 nitrogen and oxygen atoms in total. The van der Waals surface area contributed by atoms with Crippen molar-refractivity contribution in [3.63, 3.8) is 0 Å². The zero-order valence-electron chi connectivity index (χ0n) is 18.3. The van der Waals surface area contributed by atoms with E-state index in [0.29, 0.717) is 0 Å². The van der Waals surface area contributed by atoms with E-state index < -0.39 is 0 Å². The fourth-order valence-electron chi connectivity index (χ4n) is 4.87. The van der Waals surface area contributed by atoms with E-state index in [0.717, 1.165) is 23.8 Å². The molecule has 0 amide bonds. The van der Waals surface area contributed by atoms with E-state index in [1.165, 1.54) is 94.2 Å². The van der Waals surface area contributed by atoms with Crippen molar-refractivity contribution < 1.29 is 4.39 Å². The van der Waals surface area contributed by atoms with Crippen molar-refractivity contribution in [1.82, 2.24) is 0 Å². The fraction of sp³-hybridized carbons (Fsp3) is 0.571. The van der Waals surface area contributed by atoms with Gasteiger partial charge in [0.25, 0.3) is 0 Å². The summed E-state index contributed by atoms with van der Waals surface area (Å²) >= 11 is 0. The van der Waals surface area contributed by atoms with Gasteiger partial charge in [-0.1, -0.05) is 88.3 Å². The van der Waals surface area contributed by atoms with Gasteiger partial charge >= 0.3 is 0 Å². The number of halogens is 1. The summed E-state index contributed by atoms with van der Waals surface area (Å²) < 4.78 is 13.3. The molecular weight excluding hydrogens is 355 g/mol. The summed E-state index contributed by atoms with van der Waals surface area (Å²) in [4.78, 5) is 0. The normalized spacial score (nSPS) is 19.4. The molecule has 2 aromatic rings. The van der Waals surface area contributed by atoms with Crippen LogP contribution in [-0.4, -0.2) is 0 Å². The Morgan fingerprint density at radius 3 is 1.86 bits per heavy atom. The number of unbranched alkanes of at least 4 members (excludes halogenated alkanes) is 3. The molecule has 0 N–H and O–H groups in total. The molecule has 1 aliphatic carbocycles. The Balaban J connectivity index is 1.31. The highest BCUT2D eigenvalue weighted by Gasteiger charge is 2.20. The third-order valence-electron chi connectivity index (χ3n) is 6.88. The van der Waals surface area contributed by atoms with E-state index in [1.54, 1.807) is 6.07 Å². The molecule has 0 aromatic heterocycles. The van der Waals surface area contributed by atoms with Crippen molar-refractivity contribution in [3.8, 4) is 0 Å². The average Bonchev–Trinajstić information content (AvgIpc) is 2.75. The molecule has 3 rings (SSSR count). The molecular formula is C28H39F. The Morgan fingerprint density at radius 2 is 1.28 bits per heavy atom. The summed E-state index contributed by atoms with van der Waals surface area (Å²) in [5.41, 5.74) is 4.17. The largest absolute Gasteiger partial charge is 0.207 e. The molecule has 1 aliphatic rings. The zero-order chi connectivity index (χ0) is 20.3. The molecule has 29 heavy (non-hydrogen) atoms. The molecule has 0 aliphatic heterocycles. The number of benzene rings is 2. The highest BCUT2D eigenvalue weighted by molar-refractivity contribution is 5.22. The highest BCUT2D eigenvalue weighted by atomic mass is 19.1.